The number of fused-ring (bicyclic) bond motifs is 1. The minimum atomic E-state index is -1.59. The lowest BCUT2D eigenvalue weighted by molar-refractivity contribution is -0.905. The van der Waals surface area contributed by atoms with Crippen LogP contribution < -0.4 is 15.4 Å². The van der Waals surface area contributed by atoms with Crippen molar-refractivity contribution in [2.45, 2.75) is 38.5 Å². The van der Waals surface area contributed by atoms with Crippen LogP contribution in [0.3, 0.4) is 0 Å². The second-order valence-corrected chi connectivity index (χ2v) is 9.17. The average Bonchev–Trinajstić information content (AvgIpc) is 3.52. The van der Waals surface area contributed by atoms with Gasteiger partial charge in [0.25, 0.3) is 0 Å². The molecule has 4 N–H and O–H groups in total. The number of hydrogen-bond acceptors (Lipinski definition) is 7. The van der Waals surface area contributed by atoms with Crippen LogP contribution in [-0.4, -0.2) is 26.6 Å². The lowest BCUT2D eigenvalue weighted by Crippen LogP contribution is -2.36. The Bertz CT molecular complexity index is 1360. The van der Waals surface area contributed by atoms with Gasteiger partial charge in [-0.2, -0.15) is 0 Å². The third-order valence-corrected chi connectivity index (χ3v) is 6.84. The minimum absolute atomic E-state index is 0.102. The fourth-order valence-corrected chi connectivity index (χ4v) is 4.99. The van der Waals surface area contributed by atoms with E-state index in [1.165, 1.54) is 25.2 Å². The first-order chi connectivity index (χ1) is 16.4. The molecule has 4 aromatic rings. The van der Waals surface area contributed by atoms with Gasteiger partial charge in [0.15, 0.2) is 0 Å². The SMILES string of the molecule is Cc1noc(C)c1-c1cc2c(c(C(O)(c3cccnc3)c3ccc[n+](O)c3)c1)NC(C1CC1)N2. The molecule has 0 radical (unpaired) electrons. The molecule has 3 aromatic heterocycles. The standard InChI is InChI=1S/C26H26N5O3/c1-15-23(16(2)34-30-15)18-11-21(24-22(12-18)28-25(29-24)17-7-8-17)26(32,19-5-3-9-27-13-19)20-6-4-10-31(33)14-20/h3-6,9-14,17,25,28-29,32-33H,7-8H2,1-2H3/q+1. The topological polar surface area (TPSA) is 107 Å². The van der Waals surface area contributed by atoms with Crippen molar-refractivity contribution in [3.63, 3.8) is 0 Å². The Morgan fingerprint density at radius 2 is 1.94 bits per heavy atom. The van der Waals surface area contributed by atoms with Gasteiger partial charge in [0, 0.05) is 39.9 Å². The molecule has 0 saturated heterocycles. The summed E-state index contributed by atoms with van der Waals surface area (Å²) in [6, 6.07) is 11.2. The molecule has 1 fully saturated rings. The van der Waals surface area contributed by atoms with E-state index in [9.17, 15) is 10.3 Å². The molecule has 8 nitrogen and oxygen atoms in total. The van der Waals surface area contributed by atoms with Crippen molar-refractivity contribution in [1.29, 1.82) is 0 Å². The highest BCUT2D eigenvalue weighted by Crippen LogP contribution is 2.49. The summed E-state index contributed by atoms with van der Waals surface area (Å²) in [5.41, 5.74) is 4.51. The average molecular weight is 457 g/mol. The van der Waals surface area contributed by atoms with Gasteiger partial charge in [-0.3, -0.25) is 10.2 Å². The second kappa shape index (κ2) is 7.56. The van der Waals surface area contributed by atoms with Crippen molar-refractivity contribution in [3.8, 4) is 11.1 Å². The Balaban J connectivity index is 1.64. The summed E-state index contributed by atoms with van der Waals surface area (Å²) in [5, 5.41) is 34.1. The molecule has 4 heterocycles. The summed E-state index contributed by atoms with van der Waals surface area (Å²) in [6.07, 6.45) is 8.80. The van der Waals surface area contributed by atoms with Crippen LogP contribution in [0.5, 0.6) is 0 Å². The predicted molar refractivity (Wildman–Crippen MR) is 125 cm³/mol. The van der Waals surface area contributed by atoms with E-state index in [1.54, 1.807) is 30.6 Å². The summed E-state index contributed by atoms with van der Waals surface area (Å²) in [6.45, 7) is 3.80. The van der Waals surface area contributed by atoms with E-state index >= 15 is 0 Å². The number of anilines is 2. The van der Waals surface area contributed by atoms with Crippen molar-refractivity contribution in [2.24, 2.45) is 5.92 Å². The Labute approximate surface area is 196 Å². The molecule has 0 amide bonds. The van der Waals surface area contributed by atoms with Crippen molar-refractivity contribution < 1.29 is 19.6 Å². The van der Waals surface area contributed by atoms with Gasteiger partial charge in [-0.1, -0.05) is 11.2 Å². The van der Waals surface area contributed by atoms with Crippen LogP contribution in [0.4, 0.5) is 11.4 Å². The molecule has 1 saturated carbocycles. The van der Waals surface area contributed by atoms with Crippen molar-refractivity contribution >= 4 is 11.4 Å². The number of rotatable bonds is 5. The molecule has 2 atom stereocenters. The summed E-state index contributed by atoms with van der Waals surface area (Å²) in [5.74, 6) is 1.26. The molecule has 172 valence electrons. The van der Waals surface area contributed by atoms with Gasteiger partial charge in [-0.25, -0.2) is 0 Å². The van der Waals surface area contributed by atoms with E-state index in [0.29, 0.717) is 28.4 Å². The Morgan fingerprint density at radius 1 is 1.12 bits per heavy atom. The number of aliphatic hydroxyl groups is 1. The fraction of sp³-hybridized carbons (Fsp3) is 0.269. The Morgan fingerprint density at radius 3 is 2.62 bits per heavy atom. The highest BCUT2D eigenvalue weighted by molar-refractivity contribution is 5.86. The molecule has 2 aliphatic rings. The quantitative estimate of drug-likeness (QED) is 0.268. The first-order valence-electron chi connectivity index (χ1n) is 11.4. The Kier molecular flexibility index (Phi) is 4.60. The van der Waals surface area contributed by atoms with Crippen molar-refractivity contribution in [2.75, 3.05) is 10.6 Å². The lowest BCUT2D eigenvalue weighted by atomic mass is 9.79. The lowest BCUT2D eigenvalue weighted by Gasteiger charge is -2.30. The zero-order chi connectivity index (χ0) is 23.4. The van der Waals surface area contributed by atoms with Gasteiger partial charge >= 0.3 is 0 Å². The number of nitrogens with one attached hydrogen (secondary N) is 2. The van der Waals surface area contributed by atoms with Gasteiger partial charge in [-0.15, -0.1) is 0 Å². The zero-order valence-corrected chi connectivity index (χ0v) is 19.0. The number of hydrogen-bond donors (Lipinski definition) is 4. The zero-order valence-electron chi connectivity index (χ0n) is 19.0. The minimum Gasteiger partial charge on any atom is -0.376 e. The van der Waals surface area contributed by atoms with Crippen molar-refractivity contribution in [1.82, 2.24) is 10.1 Å². The van der Waals surface area contributed by atoms with Crippen LogP contribution in [0.2, 0.25) is 0 Å². The van der Waals surface area contributed by atoms with Crippen LogP contribution in [-0.2, 0) is 5.60 Å². The van der Waals surface area contributed by atoms with Gasteiger partial charge in [0.1, 0.15) is 11.4 Å². The first-order valence-corrected chi connectivity index (χ1v) is 11.4. The molecule has 6 rings (SSSR count). The van der Waals surface area contributed by atoms with Crippen LogP contribution in [0, 0.1) is 19.8 Å². The van der Waals surface area contributed by atoms with Gasteiger partial charge < -0.3 is 20.3 Å². The third kappa shape index (κ3) is 3.21. The summed E-state index contributed by atoms with van der Waals surface area (Å²) < 4.78 is 6.41. The normalized spacial score (nSPS) is 18.6. The van der Waals surface area contributed by atoms with Gasteiger partial charge in [0.2, 0.25) is 12.4 Å². The highest BCUT2D eigenvalue weighted by Gasteiger charge is 2.43. The maximum Gasteiger partial charge on any atom is 0.229 e. The Hall–Kier alpha value is -3.91. The van der Waals surface area contributed by atoms with E-state index in [0.717, 1.165) is 32.9 Å². The third-order valence-electron chi connectivity index (χ3n) is 6.84. The maximum atomic E-state index is 12.5. The molecular weight excluding hydrogens is 430 g/mol. The van der Waals surface area contributed by atoms with Crippen molar-refractivity contribution in [3.05, 3.63) is 89.3 Å². The van der Waals surface area contributed by atoms with E-state index in [4.69, 9.17) is 4.52 Å². The van der Waals surface area contributed by atoms with E-state index < -0.39 is 5.60 Å². The fourth-order valence-electron chi connectivity index (χ4n) is 4.99. The first kappa shape index (κ1) is 20.7. The predicted octanol–water partition coefficient (Wildman–Crippen LogP) is 3.74. The van der Waals surface area contributed by atoms with Gasteiger partial charge in [0.05, 0.1) is 28.8 Å². The van der Waals surface area contributed by atoms with Crippen LogP contribution in [0.15, 0.2) is 65.7 Å². The molecule has 34 heavy (non-hydrogen) atoms. The van der Waals surface area contributed by atoms with Crippen LogP contribution in [0.1, 0.15) is 41.0 Å². The number of nitrogens with zero attached hydrogens (tertiary/aromatic N) is 3. The number of aryl methyl sites for hydroxylation is 2. The van der Waals surface area contributed by atoms with Crippen LogP contribution in [0.25, 0.3) is 11.1 Å². The number of pyridine rings is 2. The summed E-state index contributed by atoms with van der Waals surface area (Å²) in [7, 11) is 0. The summed E-state index contributed by atoms with van der Waals surface area (Å²) in [4.78, 5) is 4.28. The molecule has 1 aromatic carbocycles. The van der Waals surface area contributed by atoms with E-state index in [1.807, 2.05) is 26.0 Å². The van der Waals surface area contributed by atoms with Gasteiger partial charge in [-0.05, 0) is 62.4 Å². The number of aromatic nitrogens is 3. The van der Waals surface area contributed by atoms with E-state index in [-0.39, 0.29) is 6.17 Å². The summed E-state index contributed by atoms with van der Waals surface area (Å²) >= 11 is 0. The monoisotopic (exact) mass is 456 g/mol. The molecule has 0 bridgehead atoms. The second-order valence-electron chi connectivity index (χ2n) is 9.17. The molecule has 0 spiro atoms. The number of benzene rings is 1. The smallest absolute Gasteiger partial charge is 0.229 e. The highest BCUT2D eigenvalue weighted by atomic mass is 16.5. The molecule has 1 aliphatic heterocycles. The molecular formula is C26H26N5O3+. The largest absolute Gasteiger partial charge is 0.376 e. The van der Waals surface area contributed by atoms with Crippen LogP contribution >= 0.6 is 0 Å². The maximum absolute atomic E-state index is 12.5. The molecule has 8 heteroatoms. The molecule has 2 unspecified atom stereocenters. The van der Waals surface area contributed by atoms with E-state index in [2.05, 4.69) is 26.8 Å². The molecule has 1 aliphatic carbocycles.